The van der Waals surface area contributed by atoms with Crippen molar-refractivity contribution in [3.05, 3.63) is 35.9 Å². The first-order chi connectivity index (χ1) is 12.2. The summed E-state index contributed by atoms with van der Waals surface area (Å²) in [5.41, 5.74) is 1.05. The molecule has 8 heteroatoms. The number of hydrogen-bond donors (Lipinski definition) is 0. The lowest BCUT2D eigenvalue weighted by atomic mass is 10.0. The maximum atomic E-state index is 12.7. The first kappa shape index (κ1) is 15.4. The normalized spacial score (nSPS) is 18.8. The number of benzene rings is 1. The van der Waals surface area contributed by atoms with E-state index in [0.717, 1.165) is 29.9 Å². The van der Waals surface area contributed by atoms with Crippen molar-refractivity contribution in [2.45, 2.75) is 25.4 Å². The summed E-state index contributed by atoms with van der Waals surface area (Å²) in [6, 6.07) is 7.74. The van der Waals surface area contributed by atoms with Crippen LogP contribution in [0.5, 0.6) is 11.5 Å². The van der Waals surface area contributed by atoms with E-state index in [1.165, 1.54) is 11.0 Å². The van der Waals surface area contributed by atoms with Crippen molar-refractivity contribution < 1.29 is 14.3 Å². The molecule has 1 amide bonds. The van der Waals surface area contributed by atoms with Crippen LogP contribution in [-0.4, -0.2) is 45.3 Å². The molecule has 1 aromatic heterocycles. The minimum atomic E-state index is -0.0354. The Bertz CT molecular complexity index is 841. The SMILES string of the molecule is N#Cc1ncn(CC(=O)N2CCC[C@@H]2c2ccc3c(c2)OCCO3)n1. The van der Waals surface area contributed by atoms with Gasteiger partial charge in [-0.3, -0.25) is 4.79 Å². The minimum Gasteiger partial charge on any atom is -0.486 e. The number of carbonyl (C=O) groups excluding carboxylic acids is 1. The highest BCUT2D eigenvalue weighted by molar-refractivity contribution is 5.76. The fourth-order valence-electron chi connectivity index (χ4n) is 3.33. The van der Waals surface area contributed by atoms with Gasteiger partial charge in [-0.1, -0.05) is 6.07 Å². The van der Waals surface area contributed by atoms with Crippen molar-refractivity contribution in [3.8, 4) is 17.6 Å². The summed E-state index contributed by atoms with van der Waals surface area (Å²) in [4.78, 5) is 18.4. The van der Waals surface area contributed by atoms with E-state index in [1.54, 1.807) is 0 Å². The van der Waals surface area contributed by atoms with E-state index >= 15 is 0 Å². The number of hydrogen-bond acceptors (Lipinski definition) is 6. The molecule has 4 rings (SSSR count). The predicted molar refractivity (Wildman–Crippen MR) is 85.9 cm³/mol. The van der Waals surface area contributed by atoms with Crippen molar-refractivity contribution in [2.24, 2.45) is 0 Å². The Kier molecular flexibility index (Phi) is 3.98. The zero-order valence-corrected chi connectivity index (χ0v) is 13.6. The molecule has 2 aliphatic rings. The monoisotopic (exact) mass is 339 g/mol. The minimum absolute atomic E-state index is 0.0160. The second kappa shape index (κ2) is 6.43. The van der Waals surface area contributed by atoms with Crippen LogP contribution in [0.1, 0.15) is 30.3 Å². The van der Waals surface area contributed by atoms with Crippen LogP contribution in [0.25, 0.3) is 0 Å². The van der Waals surface area contributed by atoms with Crippen LogP contribution in [0, 0.1) is 11.3 Å². The van der Waals surface area contributed by atoms with Crippen LogP contribution in [-0.2, 0) is 11.3 Å². The number of likely N-dealkylation sites (tertiary alicyclic amines) is 1. The third-order valence-electron chi connectivity index (χ3n) is 4.46. The van der Waals surface area contributed by atoms with E-state index in [9.17, 15) is 4.79 Å². The Morgan fingerprint density at radius 1 is 1.32 bits per heavy atom. The molecule has 128 valence electrons. The van der Waals surface area contributed by atoms with Crippen LogP contribution >= 0.6 is 0 Å². The second-order valence-corrected chi connectivity index (χ2v) is 6.03. The van der Waals surface area contributed by atoms with E-state index < -0.39 is 0 Å². The first-order valence-corrected chi connectivity index (χ1v) is 8.23. The fraction of sp³-hybridized carbons (Fsp3) is 0.412. The van der Waals surface area contributed by atoms with Gasteiger partial charge in [0.05, 0.1) is 6.04 Å². The molecular weight excluding hydrogens is 322 g/mol. The molecule has 0 bridgehead atoms. The molecule has 0 unspecified atom stereocenters. The van der Waals surface area contributed by atoms with Gasteiger partial charge in [0.2, 0.25) is 5.91 Å². The topological polar surface area (TPSA) is 93.3 Å². The van der Waals surface area contributed by atoms with Crippen molar-refractivity contribution >= 4 is 5.91 Å². The van der Waals surface area contributed by atoms with E-state index in [4.69, 9.17) is 14.7 Å². The van der Waals surface area contributed by atoms with Crippen LogP contribution < -0.4 is 9.47 Å². The number of nitrogens with zero attached hydrogens (tertiary/aromatic N) is 5. The zero-order valence-electron chi connectivity index (χ0n) is 13.6. The van der Waals surface area contributed by atoms with Gasteiger partial charge < -0.3 is 14.4 Å². The molecule has 0 saturated carbocycles. The summed E-state index contributed by atoms with van der Waals surface area (Å²) in [5, 5.41) is 12.7. The van der Waals surface area contributed by atoms with Crippen molar-refractivity contribution in [2.75, 3.05) is 19.8 Å². The van der Waals surface area contributed by atoms with E-state index in [1.807, 2.05) is 29.2 Å². The Morgan fingerprint density at radius 2 is 2.16 bits per heavy atom. The Labute approximate surface area is 144 Å². The quantitative estimate of drug-likeness (QED) is 0.836. The number of fused-ring (bicyclic) bond motifs is 1. The molecule has 1 atom stereocenters. The number of carbonyl (C=O) groups is 1. The molecule has 0 aliphatic carbocycles. The lowest BCUT2D eigenvalue weighted by Gasteiger charge is -2.26. The number of ether oxygens (including phenoxy) is 2. The summed E-state index contributed by atoms with van der Waals surface area (Å²) in [6.07, 6.45) is 3.27. The molecule has 3 heterocycles. The average molecular weight is 339 g/mol. The van der Waals surface area contributed by atoms with Crippen LogP contribution in [0.4, 0.5) is 0 Å². The third-order valence-corrected chi connectivity index (χ3v) is 4.46. The molecule has 1 fully saturated rings. The van der Waals surface area contributed by atoms with E-state index in [2.05, 4.69) is 10.1 Å². The van der Waals surface area contributed by atoms with E-state index in [-0.39, 0.29) is 24.3 Å². The van der Waals surface area contributed by atoms with Crippen molar-refractivity contribution in [3.63, 3.8) is 0 Å². The molecule has 1 saturated heterocycles. The summed E-state index contributed by atoms with van der Waals surface area (Å²) in [5.74, 6) is 1.51. The standard InChI is InChI=1S/C17H17N5O3/c18-9-16-19-11-21(20-16)10-17(23)22-5-1-2-13(22)12-3-4-14-15(8-12)25-7-6-24-14/h3-4,8,11,13H,1-2,5-7,10H2/t13-/m1/s1. The summed E-state index contributed by atoms with van der Waals surface area (Å²) >= 11 is 0. The largest absolute Gasteiger partial charge is 0.486 e. The molecule has 0 radical (unpaired) electrons. The molecule has 8 nitrogen and oxygen atoms in total. The summed E-state index contributed by atoms with van der Waals surface area (Å²) in [7, 11) is 0. The predicted octanol–water partition coefficient (Wildman–Crippen LogP) is 1.28. The molecule has 2 aromatic rings. The van der Waals surface area contributed by atoms with Crippen molar-refractivity contribution in [1.29, 1.82) is 5.26 Å². The smallest absolute Gasteiger partial charge is 0.252 e. The molecule has 25 heavy (non-hydrogen) atoms. The van der Waals surface area contributed by atoms with Crippen LogP contribution in [0.2, 0.25) is 0 Å². The van der Waals surface area contributed by atoms with Gasteiger partial charge in [-0.15, -0.1) is 5.10 Å². The van der Waals surface area contributed by atoms with Gasteiger partial charge in [0.15, 0.2) is 11.5 Å². The number of rotatable bonds is 3. The summed E-state index contributed by atoms with van der Waals surface area (Å²) < 4.78 is 12.6. The summed E-state index contributed by atoms with van der Waals surface area (Å²) in [6.45, 7) is 1.88. The van der Waals surface area contributed by atoms with Gasteiger partial charge in [-0.25, -0.2) is 9.67 Å². The van der Waals surface area contributed by atoms with Gasteiger partial charge in [0.25, 0.3) is 5.82 Å². The first-order valence-electron chi connectivity index (χ1n) is 8.23. The van der Waals surface area contributed by atoms with Gasteiger partial charge in [-0.05, 0) is 30.5 Å². The van der Waals surface area contributed by atoms with Crippen LogP contribution in [0.3, 0.4) is 0 Å². The van der Waals surface area contributed by atoms with E-state index in [0.29, 0.717) is 19.8 Å². The highest BCUT2D eigenvalue weighted by Crippen LogP contribution is 2.38. The lowest BCUT2D eigenvalue weighted by Crippen LogP contribution is -2.33. The second-order valence-electron chi connectivity index (χ2n) is 6.03. The third kappa shape index (κ3) is 3.01. The zero-order chi connectivity index (χ0) is 17.2. The van der Waals surface area contributed by atoms with Gasteiger partial charge in [-0.2, -0.15) is 5.26 Å². The Hall–Kier alpha value is -3.08. The highest BCUT2D eigenvalue weighted by Gasteiger charge is 2.31. The fourth-order valence-corrected chi connectivity index (χ4v) is 3.33. The lowest BCUT2D eigenvalue weighted by molar-refractivity contribution is -0.133. The molecule has 1 aromatic carbocycles. The number of aromatic nitrogens is 3. The van der Waals surface area contributed by atoms with Gasteiger partial charge in [0, 0.05) is 6.54 Å². The van der Waals surface area contributed by atoms with Crippen molar-refractivity contribution in [1.82, 2.24) is 19.7 Å². The maximum Gasteiger partial charge on any atom is 0.252 e. The van der Waals surface area contributed by atoms with Gasteiger partial charge >= 0.3 is 0 Å². The number of amides is 1. The van der Waals surface area contributed by atoms with Crippen LogP contribution in [0.15, 0.2) is 24.5 Å². The Balaban J connectivity index is 1.52. The molecule has 0 spiro atoms. The highest BCUT2D eigenvalue weighted by atomic mass is 16.6. The average Bonchev–Trinajstić information content (AvgIpc) is 3.30. The molecule has 0 N–H and O–H groups in total. The van der Waals surface area contributed by atoms with Gasteiger partial charge in [0.1, 0.15) is 32.2 Å². The Morgan fingerprint density at radius 3 is 2.96 bits per heavy atom. The molecular formula is C17H17N5O3. The molecule has 2 aliphatic heterocycles. The maximum absolute atomic E-state index is 12.7. The number of nitriles is 1.